The van der Waals surface area contributed by atoms with Gasteiger partial charge in [-0.2, -0.15) is 4.57 Å². The first-order valence-electron chi connectivity index (χ1n) is 10.1. The summed E-state index contributed by atoms with van der Waals surface area (Å²) < 4.78 is 7.01. The molecule has 0 saturated carbocycles. The Morgan fingerprint density at radius 2 is 1.59 bits per heavy atom. The van der Waals surface area contributed by atoms with E-state index in [1.54, 1.807) is 17.6 Å². The number of benzene rings is 2. The van der Waals surface area contributed by atoms with Crippen LogP contribution in [-0.2, 0) is 4.74 Å². The predicted octanol–water partition coefficient (Wildman–Crippen LogP) is 4.78. The van der Waals surface area contributed by atoms with Crippen molar-refractivity contribution < 1.29 is 19.0 Å². The van der Waals surface area contributed by atoms with Crippen LogP contribution in [0, 0.1) is 10.1 Å². The lowest BCUT2D eigenvalue weighted by Gasteiger charge is -2.13. The van der Waals surface area contributed by atoms with Crippen molar-refractivity contribution in [1.82, 2.24) is 4.98 Å². The number of carbonyl (C=O) groups excluding carboxylic acids is 1. The van der Waals surface area contributed by atoms with Crippen LogP contribution in [0.4, 0.5) is 5.69 Å². The SMILES string of the molecule is CCOC(=O)c1cc(-c2ccccc2)cc(-c2ccccc2)[n+]1-c1ccc([N+](=O)[O-])cn1. The van der Waals surface area contributed by atoms with E-state index in [0.29, 0.717) is 11.5 Å². The summed E-state index contributed by atoms with van der Waals surface area (Å²) in [5, 5.41) is 11.1. The van der Waals surface area contributed by atoms with Gasteiger partial charge in [0.15, 0.2) is 0 Å². The Labute approximate surface area is 184 Å². The third kappa shape index (κ3) is 4.22. The maximum absolute atomic E-state index is 13.0. The van der Waals surface area contributed by atoms with Gasteiger partial charge in [-0.1, -0.05) is 60.7 Å². The van der Waals surface area contributed by atoms with Gasteiger partial charge in [0, 0.05) is 23.8 Å². The normalized spacial score (nSPS) is 10.5. The second-order valence-electron chi connectivity index (χ2n) is 6.93. The van der Waals surface area contributed by atoms with Gasteiger partial charge in [0.05, 0.1) is 11.5 Å². The number of carbonyl (C=O) groups is 1. The quantitative estimate of drug-likeness (QED) is 0.192. The number of hydrogen-bond acceptors (Lipinski definition) is 5. The highest BCUT2D eigenvalue weighted by Gasteiger charge is 2.27. The second kappa shape index (κ2) is 9.18. The molecule has 0 bridgehead atoms. The molecule has 0 aliphatic rings. The Morgan fingerprint density at radius 3 is 2.16 bits per heavy atom. The van der Waals surface area contributed by atoms with Gasteiger partial charge in [-0.3, -0.25) is 10.1 Å². The van der Waals surface area contributed by atoms with Crippen molar-refractivity contribution in [3.63, 3.8) is 0 Å². The Bertz CT molecular complexity index is 1260. The van der Waals surface area contributed by atoms with E-state index >= 15 is 0 Å². The van der Waals surface area contributed by atoms with E-state index in [-0.39, 0.29) is 18.0 Å². The highest BCUT2D eigenvalue weighted by Crippen LogP contribution is 2.26. The molecule has 32 heavy (non-hydrogen) atoms. The molecule has 0 aliphatic heterocycles. The molecule has 0 atom stereocenters. The number of ether oxygens (including phenoxy) is 1. The van der Waals surface area contributed by atoms with Gasteiger partial charge in [-0.05, 0) is 29.1 Å². The van der Waals surface area contributed by atoms with Gasteiger partial charge in [-0.15, -0.1) is 0 Å². The van der Waals surface area contributed by atoms with Crippen LogP contribution >= 0.6 is 0 Å². The number of hydrogen-bond donors (Lipinski definition) is 0. The van der Waals surface area contributed by atoms with Gasteiger partial charge < -0.3 is 4.74 Å². The van der Waals surface area contributed by atoms with Crippen molar-refractivity contribution >= 4 is 11.7 Å². The van der Waals surface area contributed by atoms with Crippen LogP contribution in [0.1, 0.15) is 17.4 Å². The molecule has 2 aromatic heterocycles. The Balaban J connectivity index is 2.02. The summed E-state index contributed by atoms with van der Waals surface area (Å²) in [5.74, 6) is -0.139. The van der Waals surface area contributed by atoms with Crippen LogP contribution in [0.25, 0.3) is 28.2 Å². The van der Waals surface area contributed by atoms with E-state index in [1.807, 2.05) is 66.7 Å². The highest BCUT2D eigenvalue weighted by molar-refractivity contribution is 5.88. The van der Waals surface area contributed by atoms with Crippen LogP contribution in [0.15, 0.2) is 91.1 Å². The largest absolute Gasteiger partial charge is 0.460 e. The molecule has 4 aromatic rings. The monoisotopic (exact) mass is 426 g/mol. The maximum Gasteiger partial charge on any atom is 0.378 e. The molecule has 0 spiro atoms. The zero-order valence-electron chi connectivity index (χ0n) is 17.3. The van der Waals surface area contributed by atoms with Crippen molar-refractivity contribution in [2.45, 2.75) is 6.92 Å². The zero-order valence-corrected chi connectivity index (χ0v) is 17.3. The summed E-state index contributed by atoms with van der Waals surface area (Å²) in [6.45, 7) is 1.95. The average molecular weight is 426 g/mol. The molecule has 2 heterocycles. The number of rotatable bonds is 6. The van der Waals surface area contributed by atoms with Crippen LogP contribution in [-0.4, -0.2) is 22.5 Å². The number of pyridine rings is 2. The van der Waals surface area contributed by atoms with E-state index in [9.17, 15) is 14.9 Å². The summed E-state index contributed by atoms with van der Waals surface area (Å²) >= 11 is 0. The number of nitrogens with zero attached hydrogens (tertiary/aromatic N) is 3. The average Bonchev–Trinajstić information content (AvgIpc) is 2.84. The maximum atomic E-state index is 13.0. The van der Waals surface area contributed by atoms with Gasteiger partial charge in [0.1, 0.15) is 5.69 Å². The third-order valence-corrected chi connectivity index (χ3v) is 4.90. The van der Waals surface area contributed by atoms with Crippen molar-refractivity contribution in [3.05, 3.63) is 107 Å². The van der Waals surface area contributed by atoms with Crippen molar-refractivity contribution in [1.29, 1.82) is 0 Å². The van der Waals surface area contributed by atoms with E-state index in [4.69, 9.17) is 4.74 Å². The molecule has 0 unspecified atom stereocenters. The van der Waals surface area contributed by atoms with E-state index in [1.165, 1.54) is 18.3 Å². The number of aromatic nitrogens is 2. The molecule has 4 rings (SSSR count). The highest BCUT2D eigenvalue weighted by atomic mass is 16.6. The lowest BCUT2D eigenvalue weighted by molar-refractivity contribution is -0.591. The van der Waals surface area contributed by atoms with E-state index < -0.39 is 10.9 Å². The summed E-state index contributed by atoms with van der Waals surface area (Å²) in [6.07, 6.45) is 1.18. The molecule has 0 radical (unpaired) electrons. The molecule has 0 aliphatic carbocycles. The fourth-order valence-corrected chi connectivity index (χ4v) is 3.43. The van der Waals surface area contributed by atoms with Gasteiger partial charge in [-0.25, -0.2) is 4.79 Å². The fraction of sp³-hybridized carbons (Fsp3) is 0.0800. The molecule has 7 heteroatoms. The number of nitro groups is 1. The van der Waals surface area contributed by atoms with Crippen molar-refractivity contribution in [2.24, 2.45) is 0 Å². The van der Waals surface area contributed by atoms with Crippen LogP contribution in [0.2, 0.25) is 0 Å². The molecular formula is C25H20N3O4+. The van der Waals surface area contributed by atoms with Gasteiger partial charge in [0.2, 0.25) is 11.9 Å². The first-order valence-corrected chi connectivity index (χ1v) is 10.1. The smallest absolute Gasteiger partial charge is 0.378 e. The zero-order chi connectivity index (χ0) is 22.5. The lowest BCUT2D eigenvalue weighted by atomic mass is 10.0. The van der Waals surface area contributed by atoms with Crippen LogP contribution < -0.4 is 4.57 Å². The molecule has 0 fully saturated rings. The molecule has 0 N–H and O–H groups in total. The van der Waals surface area contributed by atoms with Gasteiger partial charge >= 0.3 is 17.5 Å². The molecule has 158 valence electrons. The Kier molecular flexibility index (Phi) is 5.98. The molecule has 7 nitrogen and oxygen atoms in total. The first kappa shape index (κ1) is 20.9. The minimum absolute atomic E-state index is 0.130. The minimum Gasteiger partial charge on any atom is -0.460 e. The summed E-state index contributed by atoms with van der Waals surface area (Å²) in [7, 11) is 0. The Morgan fingerprint density at radius 1 is 0.938 bits per heavy atom. The van der Waals surface area contributed by atoms with Crippen molar-refractivity contribution in [3.8, 4) is 28.2 Å². The minimum atomic E-state index is -0.511. The lowest BCUT2D eigenvalue weighted by Crippen LogP contribution is -2.42. The van der Waals surface area contributed by atoms with Crippen molar-refractivity contribution in [2.75, 3.05) is 6.61 Å². The Hall–Kier alpha value is -4.39. The van der Waals surface area contributed by atoms with E-state index in [0.717, 1.165) is 16.7 Å². The second-order valence-corrected chi connectivity index (χ2v) is 6.93. The molecular weight excluding hydrogens is 406 g/mol. The molecule has 2 aromatic carbocycles. The van der Waals surface area contributed by atoms with Crippen LogP contribution in [0.3, 0.4) is 0 Å². The first-order chi connectivity index (χ1) is 15.6. The topological polar surface area (TPSA) is 86.2 Å². The summed E-state index contributed by atoms with van der Waals surface area (Å²) in [5.41, 5.74) is 3.49. The molecule has 0 amide bonds. The summed E-state index contributed by atoms with van der Waals surface area (Å²) in [4.78, 5) is 27.9. The number of esters is 1. The fourth-order valence-electron chi connectivity index (χ4n) is 3.43. The molecule has 0 saturated heterocycles. The van der Waals surface area contributed by atoms with Crippen LogP contribution in [0.5, 0.6) is 0 Å². The predicted molar refractivity (Wildman–Crippen MR) is 119 cm³/mol. The third-order valence-electron chi connectivity index (χ3n) is 4.90. The van der Waals surface area contributed by atoms with Gasteiger partial charge in [0.25, 0.3) is 0 Å². The standard InChI is InChI=1S/C25H20N3O4/c1-2-32-25(29)23-16-20(18-9-5-3-6-10-18)15-22(19-11-7-4-8-12-19)27(23)24-14-13-21(17-26-24)28(30)31/h3-17H,2H2,1H3/q+1. The van der Waals surface area contributed by atoms with E-state index in [2.05, 4.69) is 4.98 Å². The summed E-state index contributed by atoms with van der Waals surface area (Å²) in [6, 6.07) is 25.9.